The largest absolute Gasteiger partial charge is 0.354 e. The minimum absolute atomic E-state index is 1.11. The summed E-state index contributed by atoms with van der Waals surface area (Å²) in [5.41, 5.74) is 24.9. The molecule has 0 spiro atoms. The summed E-state index contributed by atoms with van der Waals surface area (Å²) < 4.78 is 12.6. The smallest absolute Gasteiger partial charge is 0.0626 e. The molecular formula is C138H84N8S. The zero-order valence-corrected chi connectivity index (χ0v) is 80.2. The Morgan fingerprint density at radius 1 is 0.150 bits per heavy atom. The fourth-order valence-electron chi connectivity index (χ4n) is 25.9. The van der Waals surface area contributed by atoms with E-state index in [0.29, 0.717) is 0 Å². The number of hydrogen-bond acceptors (Lipinski definition) is 2. The summed E-state index contributed by atoms with van der Waals surface area (Å²) in [6.07, 6.45) is 0. The molecule has 3 N–H and O–H groups in total. The monoisotopic (exact) mass is 1880 g/mol. The number of thiophene rings is 1. The number of nitrogens with one attached hydrogen (secondary N) is 3. The van der Waals surface area contributed by atoms with E-state index in [1.54, 1.807) is 0 Å². The van der Waals surface area contributed by atoms with Gasteiger partial charge in [0.05, 0.1) is 60.7 Å². The lowest BCUT2D eigenvalue weighted by molar-refractivity contribution is 1.15. The molecule has 8 nitrogen and oxygen atoms in total. The van der Waals surface area contributed by atoms with Crippen LogP contribution in [0.3, 0.4) is 0 Å². The topological polar surface area (TPSA) is 70.3 Å². The number of benzene rings is 26. The van der Waals surface area contributed by atoms with Crippen molar-refractivity contribution in [3.8, 4) is 22.7 Å². The Bertz CT molecular complexity index is 11500. The van der Waals surface area contributed by atoms with Gasteiger partial charge in [0.2, 0.25) is 0 Å². The number of anilines is 3. The van der Waals surface area contributed by atoms with Crippen LogP contribution >= 0.6 is 11.3 Å². The van der Waals surface area contributed by atoms with Crippen molar-refractivity contribution in [2.24, 2.45) is 0 Å². The molecule has 34 rings (SSSR count). The van der Waals surface area contributed by atoms with Crippen LogP contribution in [0.1, 0.15) is 0 Å². The first-order chi connectivity index (χ1) is 73.0. The molecule has 0 fully saturated rings. The Balaban J connectivity index is 0.0000000982. The highest BCUT2D eigenvalue weighted by Gasteiger charge is 2.31. The highest BCUT2D eigenvalue weighted by Crippen LogP contribution is 2.56. The summed E-state index contributed by atoms with van der Waals surface area (Å²) in [6, 6.07) is 180. The molecule has 682 valence electrons. The van der Waals surface area contributed by atoms with Crippen molar-refractivity contribution in [3.05, 3.63) is 491 Å². The molecule has 0 aliphatic rings. The third-order valence-corrected chi connectivity index (χ3v) is 32.9. The summed E-state index contributed by atoms with van der Waals surface area (Å²) >= 11 is 1.87. The second kappa shape index (κ2) is 31.6. The van der Waals surface area contributed by atoms with Crippen LogP contribution in [-0.2, 0) is 0 Å². The van der Waals surface area contributed by atoms with Gasteiger partial charge in [0.25, 0.3) is 0 Å². The zero-order valence-electron chi connectivity index (χ0n) is 79.4. The number of aromatic amines is 3. The number of rotatable bonds is 7. The molecule has 147 heavy (non-hydrogen) atoms. The number of para-hydroxylation sites is 10. The standard InChI is InChI=1S/C48H29N3.C48H31N3.C42H24N2S/c1-3-17-35-33(15-1)43-34-16-2-4-18-36(34)48-45(46(43)44-37-19-5-9-21-39(37)49-47(35)44)38-20-8-12-24-42(38)51(48)30-27-25-29(26-28-30)50-40-22-10-6-13-31(40)32-14-7-11-23-41(32)50;1-3-15-31(16-4-1)50(32-17-5-2-6-18-32)33-27-29-34(30-28-33)51-42-26-14-12-24-40(42)45-46-43(36-20-8-10-22-38(36)48(45)51)35-19-7-9-21-37(35)47-44(46)39-23-11-13-25-41(39)49-47;1-3-14-28-26(12-1)37-27-13-2-4-15-29(27)42-39(40(37)38-30-16-5-8-18-33(30)43-41(28)38)31-17-6-9-19-34(31)44(42)24-21-22-36-32(23-24)25-11-7-10-20-35(25)45-36/h1-28,49H;1-30,49H;1-23,43H. The van der Waals surface area contributed by atoms with Crippen LogP contribution in [-0.4, -0.2) is 33.2 Å². The highest BCUT2D eigenvalue weighted by atomic mass is 32.1. The normalized spacial score (nSPS) is 12.2. The molecule has 0 saturated heterocycles. The van der Waals surface area contributed by atoms with Crippen molar-refractivity contribution in [2.75, 3.05) is 4.90 Å². The van der Waals surface area contributed by atoms with Crippen LogP contribution in [0.15, 0.2) is 491 Å². The van der Waals surface area contributed by atoms with Gasteiger partial charge in [-0.1, -0.05) is 346 Å². The van der Waals surface area contributed by atoms with Crippen molar-refractivity contribution in [1.29, 1.82) is 0 Å². The number of fused-ring (bicyclic) bond motifs is 51. The lowest BCUT2D eigenvalue weighted by Crippen LogP contribution is -2.09. The molecule has 9 heteroatoms. The maximum atomic E-state index is 3.85. The molecule has 0 unspecified atom stereocenters. The van der Waals surface area contributed by atoms with Gasteiger partial charge in [0.15, 0.2) is 0 Å². The average molecular weight is 1890 g/mol. The molecule has 8 aromatic heterocycles. The Labute approximate surface area is 844 Å². The van der Waals surface area contributed by atoms with E-state index in [1.165, 1.54) is 264 Å². The third kappa shape index (κ3) is 11.7. The molecule has 0 aliphatic heterocycles. The summed E-state index contributed by atoms with van der Waals surface area (Å²) in [5, 5.41) is 43.6. The molecule has 0 saturated carbocycles. The fraction of sp³-hybridized carbons (Fsp3) is 0. The van der Waals surface area contributed by atoms with Gasteiger partial charge in [-0.2, -0.15) is 0 Å². The van der Waals surface area contributed by atoms with Crippen LogP contribution < -0.4 is 4.90 Å². The molecule has 0 amide bonds. The maximum absolute atomic E-state index is 3.85. The summed E-state index contributed by atoms with van der Waals surface area (Å²) in [7, 11) is 0. The minimum Gasteiger partial charge on any atom is -0.354 e. The maximum Gasteiger partial charge on any atom is 0.0626 e. The minimum atomic E-state index is 1.11. The number of hydrogen-bond donors (Lipinski definition) is 3. The van der Waals surface area contributed by atoms with Gasteiger partial charge < -0.3 is 38.1 Å². The van der Waals surface area contributed by atoms with E-state index < -0.39 is 0 Å². The fourth-order valence-corrected chi connectivity index (χ4v) is 27.0. The van der Waals surface area contributed by atoms with E-state index >= 15 is 0 Å². The summed E-state index contributed by atoms with van der Waals surface area (Å²) in [6.45, 7) is 0. The second-order valence-electron chi connectivity index (χ2n) is 39.2. The number of aromatic nitrogens is 7. The van der Waals surface area contributed by atoms with Gasteiger partial charge in [0.1, 0.15) is 0 Å². The van der Waals surface area contributed by atoms with E-state index in [2.05, 4.69) is 529 Å². The van der Waals surface area contributed by atoms with Gasteiger partial charge in [0, 0.05) is 200 Å². The van der Waals surface area contributed by atoms with Gasteiger partial charge in [-0.15, -0.1) is 11.3 Å². The Morgan fingerprint density at radius 2 is 0.395 bits per heavy atom. The molecule has 8 heterocycles. The molecule has 0 radical (unpaired) electrons. The van der Waals surface area contributed by atoms with E-state index in [0.717, 1.165) is 45.2 Å². The van der Waals surface area contributed by atoms with Crippen LogP contribution in [0.2, 0.25) is 0 Å². The van der Waals surface area contributed by atoms with Crippen LogP contribution in [0.25, 0.3) is 293 Å². The lowest BCUT2D eigenvalue weighted by Gasteiger charge is -2.25. The summed E-state index contributed by atoms with van der Waals surface area (Å²) in [4.78, 5) is 13.9. The SMILES string of the molecule is c1ccc(N(c2ccccc2)c2ccc(-n3c4ccccc4c4c5c(c6ccccc6c6[nH]c7ccccc7c65)c5ccccc5c43)cc2)cc1.c1ccc2c(c1)[nH]c1c3ccccc3c3c4ccccc4c4c(c5ccccc5n4-c4ccc(-n5c6ccccc6c6ccccc65)cc4)c3c21.c1ccc2c(c1)[nH]c1c3ccccc3c3c4ccccc4c4c(c5ccccc5n4-c4ccc5sc6ccccc6c5c4)c3c21. The van der Waals surface area contributed by atoms with Crippen molar-refractivity contribution < 1.29 is 0 Å². The van der Waals surface area contributed by atoms with Crippen molar-refractivity contribution in [3.63, 3.8) is 0 Å². The Morgan fingerprint density at radius 3 is 0.762 bits per heavy atom. The van der Waals surface area contributed by atoms with Crippen molar-refractivity contribution in [2.45, 2.75) is 0 Å². The molecule has 0 bridgehead atoms. The molecular weight excluding hydrogens is 1800 g/mol. The van der Waals surface area contributed by atoms with Gasteiger partial charge in [-0.3, -0.25) is 0 Å². The lowest BCUT2D eigenvalue weighted by atomic mass is 9.89. The number of nitrogens with zero attached hydrogens (tertiary/aromatic N) is 5. The van der Waals surface area contributed by atoms with Gasteiger partial charge >= 0.3 is 0 Å². The Kier molecular flexibility index (Phi) is 17.5. The predicted octanol–water partition coefficient (Wildman–Crippen LogP) is 38.6. The quantitative estimate of drug-likeness (QED) is 0.137. The van der Waals surface area contributed by atoms with Crippen LogP contribution in [0.5, 0.6) is 0 Å². The van der Waals surface area contributed by atoms with E-state index in [9.17, 15) is 0 Å². The van der Waals surface area contributed by atoms with Crippen molar-refractivity contribution >= 4 is 298 Å². The molecule has 0 aliphatic carbocycles. The van der Waals surface area contributed by atoms with Gasteiger partial charge in [-0.25, -0.2) is 0 Å². The Hall–Kier alpha value is -19.3. The van der Waals surface area contributed by atoms with E-state index in [1.807, 2.05) is 11.3 Å². The average Bonchev–Trinajstić information content (AvgIpc) is 1.54. The van der Waals surface area contributed by atoms with E-state index in [-0.39, 0.29) is 0 Å². The predicted molar refractivity (Wildman–Crippen MR) is 630 cm³/mol. The first-order valence-electron chi connectivity index (χ1n) is 50.6. The second-order valence-corrected chi connectivity index (χ2v) is 40.3. The van der Waals surface area contributed by atoms with E-state index in [4.69, 9.17) is 0 Å². The first kappa shape index (κ1) is 81.4. The number of H-pyrrole nitrogens is 3. The van der Waals surface area contributed by atoms with Crippen LogP contribution in [0.4, 0.5) is 17.1 Å². The van der Waals surface area contributed by atoms with Crippen molar-refractivity contribution in [1.82, 2.24) is 33.2 Å². The summed E-state index contributed by atoms with van der Waals surface area (Å²) in [5.74, 6) is 0. The van der Waals surface area contributed by atoms with Crippen LogP contribution in [0, 0.1) is 0 Å². The molecule has 26 aromatic carbocycles. The molecule has 0 atom stereocenters. The first-order valence-corrected chi connectivity index (χ1v) is 51.4. The third-order valence-electron chi connectivity index (χ3n) is 31.7. The van der Waals surface area contributed by atoms with Gasteiger partial charge in [-0.05, 0) is 194 Å². The highest BCUT2D eigenvalue weighted by molar-refractivity contribution is 7.25. The molecule has 34 aromatic rings. The zero-order chi connectivity index (χ0) is 95.9.